The van der Waals surface area contributed by atoms with Crippen molar-refractivity contribution < 1.29 is 4.57 Å². The van der Waals surface area contributed by atoms with Crippen molar-refractivity contribution in [1.82, 2.24) is 4.57 Å². The monoisotopic (exact) mass is 714 g/mol. The van der Waals surface area contributed by atoms with Gasteiger partial charge in [-0.25, -0.2) is 9.13 Å². The minimum absolute atomic E-state index is 1.23. The molecule has 1 heterocycles. The molecule has 0 aliphatic heterocycles. The third kappa shape index (κ3) is 32.4. The van der Waals surface area contributed by atoms with Gasteiger partial charge >= 0.3 is 0 Å². The first kappa shape index (κ1) is 48.2. The van der Waals surface area contributed by atoms with Gasteiger partial charge in [0.05, 0.1) is 13.1 Å². The zero-order chi connectivity index (χ0) is 36.6. The van der Waals surface area contributed by atoms with Crippen molar-refractivity contribution in [3.63, 3.8) is 0 Å². The Kier molecular flexibility index (Phi) is 38.2. The minimum Gasteiger partial charge on any atom is -0.234 e. The lowest BCUT2D eigenvalue weighted by Gasteiger charge is -2.07. The van der Waals surface area contributed by atoms with Crippen LogP contribution in [0.15, 0.2) is 12.4 Å². The van der Waals surface area contributed by atoms with E-state index in [9.17, 15) is 0 Å². The molecule has 1 aromatic heterocycles. The Morgan fingerprint density at radius 2 is 0.608 bits per heavy atom. The van der Waals surface area contributed by atoms with Crippen molar-refractivity contribution in [1.29, 1.82) is 0 Å². The minimum atomic E-state index is 1.23. The van der Waals surface area contributed by atoms with E-state index in [4.69, 9.17) is 0 Å². The quantitative estimate of drug-likeness (QED) is 0.0471. The van der Waals surface area contributed by atoms with Crippen molar-refractivity contribution in [2.45, 2.75) is 297 Å². The number of aromatic nitrogens is 2. The number of aryl methyl sites for hydroxylation is 2. The molecule has 1 aromatic rings. The van der Waals surface area contributed by atoms with E-state index in [1.807, 2.05) is 0 Å². The highest BCUT2D eigenvalue weighted by atomic mass is 15.1. The first-order valence-corrected chi connectivity index (χ1v) is 24.4. The first-order valence-electron chi connectivity index (χ1n) is 24.4. The Morgan fingerprint density at radius 3 is 0.941 bits per heavy atom. The zero-order valence-electron chi connectivity index (χ0n) is 36.0. The van der Waals surface area contributed by atoms with Crippen LogP contribution < -0.4 is 4.57 Å². The number of unbranched alkanes of at least 4 members (excludes halogenated alkanes) is 37. The van der Waals surface area contributed by atoms with Crippen molar-refractivity contribution in [3.8, 4) is 0 Å². The number of nitrogens with zero attached hydrogens (tertiary/aromatic N) is 2. The Morgan fingerprint density at radius 1 is 0.333 bits per heavy atom. The molecule has 302 valence electrons. The SMILES string of the molecule is CCCCCCCCCCCCCCCCc1n(CCCCCCCCCCCCCCC)cc[n+]1CCCCCCCCCCCCCCC. The van der Waals surface area contributed by atoms with Crippen LogP contribution in [0.2, 0.25) is 0 Å². The van der Waals surface area contributed by atoms with E-state index in [1.165, 1.54) is 276 Å². The Balaban J connectivity index is 2.27. The molecule has 0 aliphatic rings. The topological polar surface area (TPSA) is 8.81 Å². The van der Waals surface area contributed by atoms with Crippen molar-refractivity contribution in [2.24, 2.45) is 0 Å². The summed E-state index contributed by atoms with van der Waals surface area (Å²) in [5.41, 5.74) is 0. The molecule has 0 atom stereocenters. The lowest BCUT2D eigenvalue weighted by atomic mass is 10.0. The third-order valence-electron chi connectivity index (χ3n) is 11.8. The van der Waals surface area contributed by atoms with Gasteiger partial charge in [-0.05, 0) is 32.1 Å². The number of imidazole rings is 1. The van der Waals surface area contributed by atoms with E-state index >= 15 is 0 Å². The number of hydrogen-bond acceptors (Lipinski definition) is 0. The maximum absolute atomic E-state index is 2.66. The molecule has 0 unspecified atom stereocenters. The van der Waals surface area contributed by atoms with Crippen LogP contribution in [-0.2, 0) is 19.5 Å². The van der Waals surface area contributed by atoms with E-state index in [0.29, 0.717) is 0 Å². The molecule has 51 heavy (non-hydrogen) atoms. The molecule has 0 saturated carbocycles. The fourth-order valence-electron chi connectivity index (χ4n) is 8.27. The molecule has 0 radical (unpaired) electrons. The van der Waals surface area contributed by atoms with Crippen LogP contribution in [0.25, 0.3) is 0 Å². The normalized spacial score (nSPS) is 11.7. The zero-order valence-corrected chi connectivity index (χ0v) is 36.0. The summed E-state index contributed by atoms with van der Waals surface area (Å²) in [7, 11) is 0. The average molecular weight is 714 g/mol. The van der Waals surface area contributed by atoms with Gasteiger partial charge in [0.2, 0.25) is 0 Å². The number of hydrogen-bond donors (Lipinski definition) is 0. The van der Waals surface area contributed by atoms with E-state index < -0.39 is 0 Å². The summed E-state index contributed by atoms with van der Waals surface area (Å²) in [4.78, 5) is 0. The highest BCUT2D eigenvalue weighted by molar-refractivity contribution is 4.84. The van der Waals surface area contributed by atoms with Gasteiger partial charge in [-0.15, -0.1) is 0 Å². The van der Waals surface area contributed by atoms with Crippen LogP contribution in [0.5, 0.6) is 0 Å². The third-order valence-corrected chi connectivity index (χ3v) is 11.8. The van der Waals surface area contributed by atoms with Crippen LogP contribution >= 0.6 is 0 Å². The Hall–Kier alpha value is -0.790. The fourth-order valence-corrected chi connectivity index (χ4v) is 8.27. The average Bonchev–Trinajstić information content (AvgIpc) is 3.53. The number of rotatable bonds is 43. The molecule has 2 nitrogen and oxygen atoms in total. The molecule has 0 fully saturated rings. The lowest BCUT2D eigenvalue weighted by Crippen LogP contribution is -2.37. The van der Waals surface area contributed by atoms with Crippen LogP contribution in [0.3, 0.4) is 0 Å². The Bertz CT molecular complexity index is 734. The van der Waals surface area contributed by atoms with Crippen LogP contribution in [-0.4, -0.2) is 4.57 Å². The summed E-state index contributed by atoms with van der Waals surface area (Å²) in [6.45, 7) is 9.42. The molecule has 1 rings (SSSR count). The molecule has 0 spiro atoms. The van der Waals surface area contributed by atoms with Gasteiger partial charge in [-0.1, -0.05) is 245 Å². The lowest BCUT2D eigenvalue weighted by molar-refractivity contribution is -0.704. The van der Waals surface area contributed by atoms with Gasteiger partial charge in [-0.2, -0.15) is 0 Å². The van der Waals surface area contributed by atoms with Crippen LogP contribution in [0.4, 0.5) is 0 Å². The van der Waals surface area contributed by atoms with Gasteiger partial charge in [0.1, 0.15) is 12.4 Å². The van der Waals surface area contributed by atoms with Crippen molar-refractivity contribution in [3.05, 3.63) is 18.2 Å². The van der Waals surface area contributed by atoms with E-state index in [0.717, 1.165) is 0 Å². The molecule has 0 bridgehead atoms. The second kappa shape index (κ2) is 40.4. The van der Waals surface area contributed by atoms with Crippen LogP contribution in [0.1, 0.15) is 283 Å². The predicted octanol–water partition coefficient (Wildman–Crippen LogP) is 17.0. The maximum Gasteiger partial charge on any atom is 0.256 e. The van der Waals surface area contributed by atoms with E-state index in [-0.39, 0.29) is 0 Å². The fraction of sp³-hybridized carbons (Fsp3) is 0.939. The summed E-state index contributed by atoms with van der Waals surface area (Å²) >= 11 is 0. The molecule has 0 N–H and O–H groups in total. The Labute approximate surface area is 323 Å². The largest absolute Gasteiger partial charge is 0.256 e. The molecule has 0 amide bonds. The molecule has 2 heteroatoms. The predicted molar refractivity (Wildman–Crippen MR) is 230 cm³/mol. The molecule has 0 saturated heterocycles. The van der Waals surface area contributed by atoms with E-state index in [2.05, 4.69) is 42.3 Å². The summed E-state index contributed by atoms with van der Waals surface area (Å²) in [5.74, 6) is 1.63. The standard InChI is InChI=1S/C49H97N2/c1-4-7-10-13-16-19-22-25-26-29-32-35-38-41-44-49-50(45-42-39-36-33-30-27-23-20-17-14-11-8-5-2)47-48-51(49)46-43-40-37-34-31-28-24-21-18-15-12-9-6-3/h47-48H,4-46H2,1-3H3/q+1. The first-order chi connectivity index (χ1) is 25.3. The second-order valence-corrected chi connectivity index (χ2v) is 16.9. The molecular formula is C49H97N2+. The van der Waals surface area contributed by atoms with Crippen molar-refractivity contribution >= 4 is 0 Å². The van der Waals surface area contributed by atoms with Gasteiger partial charge in [0.15, 0.2) is 0 Å². The van der Waals surface area contributed by atoms with Crippen LogP contribution in [0, 0.1) is 0 Å². The van der Waals surface area contributed by atoms with Crippen molar-refractivity contribution in [2.75, 3.05) is 0 Å². The second-order valence-electron chi connectivity index (χ2n) is 16.9. The van der Waals surface area contributed by atoms with E-state index in [1.54, 1.807) is 5.82 Å². The van der Waals surface area contributed by atoms with Gasteiger partial charge < -0.3 is 0 Å². The highest BCUT2D eigenvalue weighted by Crippen LogP contribution is 2.17. The summed E-state index contributed by atoms with van der Waals surface area (Å²) in [5, 5.41) is 0. The van der Waals surface area contributed by atoms with Gasteiger partial charge in [-0.3, -0.25) is 0 Å². The highest BCUT2D eigenvalue weighted by Gasteiger charge is 2.16. The summed E-state index contributed by atoms with van der Waals surface area (Å²) in [6, 6.07) is 0. The van der Waals surface area contributed by atoms with Gasteiger partial charge in [0.25, 0.3) is 5.82 Å². The molecular weight excluding hydrogens is 617 g/mol. The molecule has 0 aliphatic carbocycles. The van der Waals surface area contributed by atoms with Gasteiger partial charge in [0, 0.05) is 6.42 Å². The summed E-state index contributed by atoms with van der Waals surface area (Å²) in [6.07, 6.45) is 63.8. The maximum atomic E-state index is 2.66. The molecule has 0 aromatic carbocycles. The smallest absolute Gasteiger partial charge is 0.234 e. The summed E-state index contributed by atoms with van der Waals surface area (Å²) < 4.78 is 5.31.